The second-order valence-electron chi connectivity index (χ2n) is 7.13. The number of methoxy groups -OCH3 is 1. The molecule has 1 heterocycles. The number of rotatable bonds is 6. The van der Waals surface area contributed by atoms with Gasteiger partial charge in [-0.1, -0.05) is 26.5 Å². The minimum Gasteiger partial charge on any atom is -0.458 e. The van der Waals surface area contributed by atoms with E-state index in [1.54, 1.807) is 19.1 Å². The van der Waals surface area contributed by atoms with Crippen LogP contribution in [0.3, 0.4) is 0 Å². The molecule has 7 heteroatoms. The fraction of sp³-hybridized carbons (Fsp3) is 0.571. The van der Waals surface area contributed by atoms with Crippen LogP contribution in [0.2, 0.25) is 0 Å². The van der Waals surface area contributed by atoms with Gasteiger partial charge in [-0.15, -0.1) is 0 Å². The van der Waals surface area contributed by atoms with Crippen molar-refractivity contribution in [3.63, 3.8) is 0 Å². The Morgan fingerprint density at radius 2 is 2.21 bits per heavy atom. The van der Waals surface area contributed by atoms with Crippen molar-refractivity contribution in [3.05, 3.63) is 35.5 Å². The number of esters is 2. The molecule has 0 aromatic rings. The van der Waals surface area contributed by atoms with Gasteiger partial charge in [0.1, 0.15) is 24.6 Å². The Labute approximate surface area is 165 Å². The van der Waals surface area contributed by atoms with Crippen molar-refractivity contribution < 1.29 is 33.7 Å². The molecule has 0 aromatic carbocycles. The second kappa shape index (κ2) is 9.80. The zero-order valence-corrected chi connectivity index (χ0v) is 16.6. The Bertz CT molecular complexity index is 691. The molecule has 0 amide bonds. The third kappa shape index (κ3) is 4.59. The lowest BCUT2D eigenvalue weighted by Crippen LogP contribution is -2.44. The third-order valence-corrected chi connectivity index (χ3v) is 5.35. The van der Waals surface area contributed by atoms with Crippen LogP contribution in [0.5, 0.6) is 0 Å². The fourth-order valence-corrected chi connectivity index (χ4v) is 3.43. The topological polar surface area (TPSA) is 99.1 Å². The van der Waals surface area contributed by atoms with E-state index >= 15 is 0 Å². The van der Waals surface area contributed by atoms with Crippen molar-refractivity contribution in [2.45, 2.75) is 51.4 Å². The van der Waals surface area contributed by atoms with Crippen molar-refractivity contribution in [1.29, 1.82) is 0 Å². The number of carbonyl (C=O) groups excluding carboxylic acids is 3. The molecule has 0 bridgehead atoms. The van der Waals surface area contributed by atoms with E-state index in [1.807, 2.05) is 6.92 Å². The molecule has 0 radical (unpaired) electrons. The first-order chi connectivity index (χ1) is 13.4. The number of hydrogen-bond donors (Lipinski definition) is 1. The van der Waals surface area contributed by atoms with Gasteiger partial charge in [-0.3, -0.25) is 9.59 Å². The Hall–Kier alpha value is -2.25. The van der Waals surface area contributed by atoms with Crippen LogP contribution >= 0.6 is 0 Å². The van der Waals surface area contributed by atoms with E-state index in [1.165, 1.54) is 7.11 Å². The minimum absolute atomic E-state index is 0.147. The summed E-state index contributed by atoms with van der Waals surface area (Å²) in [5, 5.41) is 9.63. The maximum atomic E-state index is 12.6. The fourth-order valence-electron chi connectivity index (χ4n) is 3.43. The van der Waals surface area contributed by atoms with Gasteiger partial charge in [0.05, 0.1) is 18.4 Å². The maximum Gasteiger partial charge on any atom is 0.334 e. The lowest BCUT2D eigenvalue weighted by Gasteiger charge is -2.33. The largest absolute Gasteiger partial charge is 0.458 e. The van der Waals surface area contributed by atoms with Gasteiger partial charge in [-0.05, 0) is 30.9 Å². The van der Waals surface area contributed by atoms with Crippen molar-refractivity contribution in [2.24, 2.45) is 11.8 Å². The second-order valence-corrected chi connectivity index (χ2v) is 7.13. The van der Waals surface area contributed by atoms with Crippen molar-refractivity contribution in [1.82, 2.24) is 0 Å². The van der Waals surface area contributed by atoms with Gasteiger partial charge in [0.2, 0.25) is 0 Å². The Kier molecular flexibility index (Phi) is 7.71. The number of hydrogen-bond acceptors (Lipinski definition) is 7. The van der Waals surface area contributed by atoms with Gasteiger partial charge in [0, 0.05) is 18.3 Å². The molecule has 2 rings (SSSR count). The average molecular weight is 392 g/mol. The van der Waals surface area contributed by atoms with Gasteiger partial charge in [-0.2, -0.15) is 0 Å². The van der Waals surface area contributed by atoms with Gasteiger partial charge in [0.25, 0.3) is 0 Å². The molecule has 0 saturated carbocycles. The predicted molar refractivity (Wildman–Crippen MR) is 101 cm³/mol. The number of aliphatic hydroxyl groups is 1. The minimum atomic E-state index is -0.971. The van der Waals surface area contributed by atoms with Crippen LogP contribution in [-0.4, -0.2) is 55.4 Å². The molecule has 28 heavy (non-hydrogen) atoms. The summed E-state index contributed by atoms with van der Waals surface area (Å²) in [4.78, 5) is 36.5. The Morgan fingerprint density at radius 1 is 1.50 bits per heavy atom. The summed E-state index contributed by atoms with van der Waals surface area (Å²) in [6, 6.07) is 0. The zero-order chi connectivity index (χ0) is 20.8. The van der Waals surface area contributed by atoms with E-state index in [0.717, 1.165) is 0 Å². The summed E-state index contributed by atoms with van der Waals surface area (Å²) in [6.45, 7) is 7.22. The van der Waals surface area contributed by atoms with E-state index in [-0.39, 0.29) is 18.1 Å². The molecular weight excluding hydrogens is 364 g/mol. The van der Waals surface area contributed by atoms with Crippen LogP contribution in [0.15, 0.2) is 35.5 Å². The highest BCUT2D eigenvalue weighted by Gasteiger charge is 2.48. The molecule has 0 spiro atoms. The molecule has 0 aromatic heterocycles. The molecule has 1 aliphatic carbocycles. The SMILES string of the molecule is C=C1C(=O)OC2/C=C(\CO)CCC=C(C=O)C(OC)C(OC(=O)C(C)CC)C12. The van der Waals surface area contributed by atoms with E-state index in [2.05, 4.69) is 6.58 Å². The number of allylic oxidation sites excluding steroid dienone is 1. The first kappa shape index (κ1) is 22.0. The van der Waals surface area contributed by atoms with Crippen LogP contribution in [0.25, 0.3) is 0 Å². The molecule has 1 N–H and O–H groups in total. The van der Waals surface area contributed by atoms with E-state index in [0.29, 0.717) is 36.7 Å². The summed E-state index contributed by atoms with van der Waals surface area (Å²) in [5.41, 5.74) is 1.13. The molecule has 1 aliphatic heterocycles. The molecule has 5 unspecified atom stereocenters. The quantitative estimate of drug-likeness (QED) is 0.319. The number of fused-ring (bicyclic) bond motifs is 1. The first-order valence-electron chi connectivity index (χ1n) is 9.46. The summed E-state index contributed by atoms with van der Waals surface area (Å²) in [5.74, 6) is -2.13. The third-order valence-electron chi connectivity index (χ3n) is 5.35. The van der Waals surface area contributed by atoms with Gasteiger partial charge < -0.3 is 19.3 Å². The van der Waals surface area contributed by atoms with E-state index < -0.39 is 36.2 Å². The van der Waals surface area contributed by atoms with Crippen molar-refractivity contribution in [3.8, 4) is 0 Å². The molecule has 1 fully saturated rings. The number of ether oxygens (including phenoxy) is 3. The standard InChI is InChI=1S/C21H28O7/c1-5-12(2)20(24)28-19-17-13(3)21(25)27-16(17)9-14(10-22)7-6-8-15(11-23)18(19)26-4/h8-9,11-12,16-19,22H,3,5-7,10H2,1-2,4H3/b14-9-,15-8?. The lowest BCUT2D eigenvalue weighted by atomic mass is 9.83. The summed E-state index contributed by atoms with van der Waals surface area (Å²) >= 11 is 0. The number of carbonyl (C=O) groups is 3. The molecule has 5 atom stereocenters. The lowest BCUT2D eigenvalue weighted by molar-refractivity contribution is -0.164. The summed E-state index contributed by atoms with van der Waals surface area (Å²) < 4.78 is 16.7. The molecule has 2 aliphatic rings. The van der Waals surface area contributed by atoms with Gasteiger partial charge in [-0.25, -0.2) is 4.79 Å². The van der Waals surface area contributed by atoms with E-state index in [4.69, 9.17) is 14.2 Å². The smallest absolute Gasteiger partial charge is 0.334 e. The first-order valence-corrected chi connectivity index (χ1v) is 9.46. The number of aldehydes is 1. The highest BCUT2D eigenvalue weighted by atomic mass is 16.6. The monoisotopic (exact) mass is 392 g/mol. The van der Waals surface area contributed by atoms with Crippen LogP contribution in [-0.2, 0) is 28.6 Å². The Morgan fingerprint density at radius 3 is 2.79 bits per heavy atom. The molecule has 7 nitrogen and oxygen atoms in total. The molecule has 154 valence electrons. The maximum absolute atomic E-state index is 12.6. The Balaban J connectivity index is 2.56. The van der Waals surface area contributed by atoms with Crippen LogP contribution in [0.4, 0.5) is 0 Å². The highest BCUT2D eigenvalue weighted by Crippen LogP contribution is 2.37. The zero-order valence-electron chi connectivity index (χ0n) is 16.6. The highest BCUT2D eigenvalue weighted by molar-refractivity contribution is 5.91. The predicted octanol–water partition coefficient (Wildman–Crippen LogP) is 1.89. The molecule has 1 saturated heterocycles. The summed E-state index contributed by atoms with van der Waals surface area (Å²) in [7, 11) is 1.42. The normalized spacial score (nSPS) is 31.0. The average Bonchev–Trinajstić information content (AvgIpc) is 2.97. The number of aliphatic hydroxyl groups excluding tert-OH is 1. The van der Waals surface area contributed by atoms with E-state index in [9.17, 15) is 19.5 Å². The van der Waals surface area contributed by atoms with Gasteiger partial charge >= 0.3 is 11.9 Å². The van der Waals surface area contributed by atoms with Crippen LogP contribution in [0.1, 0.15) is 33.1 Å². The van der Waals surface area contributed by atoms with Gasteiger partial charge in [0.15, 0.2) is 0 Å². The molecular formula is C21H28O7. The van der Waals surface area contributed by atoms with Crippen molar-refractivity contribution in [2.75, 3.05) is 13.7 Å². The summed E-state index contributed by atoms with van der Waals surface area (Å²) in [6.07, 6.45) is 3.01. The van der Waals surface area contributed by atoms with Crippen molar-refractivity contribution >= 4 is 18.2 Å². The van der Waals surface area contributed by atoms with Crippen LogP contribution < -0.4 is 0 Å². The van der Waals surface area contributed by atoms with Crippen LogP contribution in [0, 0.1) is 11.8 Å².